The Balaban J connectivity index is 1.37. The second-order valence-corrected chi connectivity index (χ2v) is 7.00. The van der Waals surface area contributed by atoms with E-state index >= 15 is 0 Å². The second kappa shape index (κ2) is 8.38. The molecular formula is C21H22FN5O2. The van der Waals surface area contributed by atoms with Gasteiger partial charge in [-0.3, -0.25) is 4.79 Å². The molecule has 0 N–H and O–H groups in total. The van der Waals surface area contributed by atoms with Crippen LogP contribution in [0.4, 0.5) is 4.39 Å². The van der Waals surface area contributed by atoms with Crippen LogP contribution in [-0.4, -0.2) is 49.5 Å². The number of carbonyl (C=O) groups excluding carboxylic acids is 1. The van der Waals surface area contributed by atoms with Gasteiger partial charge in [0, 0.05) is 37.5 Å². The fourth-order valence-electron chi connectivity index (χ4n) is 3.41. The van der Waals surface area contributed by atoms with Crippen molar-refractivity contribution in [1.82, 2.24) is 24.4 Å². The summed E-state index contributed by atoms with van der Waals surface area (Å²) in [6, 6.07) is 7.56. The first kappa shape index (κ1) is 19.0. The molecule has 0 unspecified atom stereocenters. The smallest absolute Gasteiger partial charge is 0.254 e. The number of rotatable bonds is 6. The number of aryl methyl sites for hydroxylation is 1. The summed E-state index contributed by atoms with van der Waals surface area (Å²) >= 11 is 0. The Morgan fingerprint density at radius 1 is 1.28 bits per heavy atom. The molecule has 1 aliphatic heterocycles. The quantitative estimate of drug-likeness (QED) is 0.642. The fraction of sp³-hybridized carbons (Fsp3) is 0.333. The minimum Gasteiger partial charge on any atom is -0.470 e. The van der Waals surface area contributed by atoms with E-state index in [2.05, 4.69) is 15.0 Å². The van der Waals surface area contributed by atoms with Gasteiger partial charge in [-0.25, -0.2) is 9.97 Å². The molecule has 0 spiro atoms. The highest BCUT2D eigenvalue weighted by Crippen LogP contribution is 2.22. The molecule has 150 valence electrons. The van der Waals surface area contributed by atoms with E-state index in [0.717, 1.165) is 5.56 Å². The third-order valence-electron chi connectivity index (χ3n) is 5.00. The van der Waals surface area contributed by atoms with Crippen molar-refractivity contribution in [2.24, 2.45) is 0 Å². The van der Waals surface area contributed by atoms with Crippen molar-refractivity contribution in [3.8, 4) is 5.88 Å². The van der Waals surface area contributed by atoms with E-state index in [1.165, 1.54) is 6.33 Å². The topological polar surface area (TPSA) is 73.1 Å². The zero-order chi connectivity index (χ0) is 20.2. The molecule has 3 heterocycles. The van der Waals surface area contributed by atoms with Gasteiger partial charge in [-0.15, -0.1) is 0 Å². The molecular weight excluding hydrogens is 373 g/mol. The normalized spacial score (nSPS) is 16.2. The zero-order valence-corrected chi connectivity index (χ0v) is 16.2. The first-order valence-electron chi connectivity index (χ1n) is 9.64. The van der Waals surface area contributed by atoms with Gasteiger partial charge in [-0.05, 0) is 24.1 Å². The van der Waals surface area contributed by atoms with Gasteiger partial charge >= 0.3 is 0 Å². The highest BCUT2D eigenvalue weighted by atomic mass is 19.1. The Hall–Kier alpha value is -3.29. The van der Waals surface area contributed by atoms with Crippen molar-refractivity contribution in [3.05, 3.63) is 72.0 Å². The van der Waals surface area contributed by atoms with E-state index in [-0.39, 0.29) is 17.9 Å². The number of likely N-dealkylation sites (tertiary alicyclic amines) is 1. The highest BCUT2D eigenvalue weighted by molar-refractivity contribution is 5.94. The van der Waals surface area contributed by atoms with Crippen LogP contribution >= 0.6 is 0 Å². The maximum absolute atomic E-state index is 14.3. The van der Waals surface area contributed by atoms with Gasteiger partial charge in [0.1, 0.15) is 12.4 Å². The summed E-state index contributed by atoms with van der Waals surface area (Å²) in [5, 5.41) is 0. The minimum atomic E-state index is -0.520. The number of carbonyl (C=O) groups is 1. The van der Waals surface area contributed by atoms with Crippen LogP contribution in [-0.2, 0) is 13.0 Å². The van der Waals surface area contributed by atoms with Crippen LogP contribution in [0.1, 0.15) is 35.0 Å². The van der Waals surface area contributed by atoms with Gasteiger partial charge in [-0.1, -0.05) is 19.1 Å². The molecule has 8 heteroatoms. The molecule has 1 amide bonds. The summed E-state index contributed by atoms with van der Waals surface area (Å²) in [5.41, 5.74) is 2.05. The lowest BCUT2D eigenvalue weighted by Crippen LogP contribution is -2.31. The van der Waals surface area contributed by atoms with Crippen molar-refractivity contribution in [2.45, 2.75) is 32.4 Å². The van der Waals surface area contributed by atoms with Crippen molar-refractivity contribution in [1.29, 1.82) is 0 Å². The van der Waals surface area contributed by atoms with E-state index < -0.39 is 5.82 Å². The summed E-state index contributed by atoms with van der Waals surface area (Å²) in [5.74, 6) is -0.615. The van der Waals surface area contributed by atoms with Crippen LogP contribution in [0, 0.1) is 5.82 Å². The number of aromatic nitrogens is 4. The number of amides is 1. The average molecular weight is 395 g/mol. The van der Waals surface area contributed by atoms with Gasteiger partial charge < -0.3 is 14.2 Å². The fourth-order valence-corrected chi connectivity index (χ4v) is 3.41. The molecule has 29 heavy (non-hydrogen) atoms. The van der Waals surface area contributed by atoms with E-state index in [1.807, 2.05) is 42.0 Å². The van der Waals surface area contributed by atoms with Crippen molar-refractivity contribution in [3.63, 3.8) is 0 Å². The Morgan fingerprint density at radius 2 is 2.10 bits per heavy atom. The second-order valence-electron chi connectivity index (χ2n) is 7.00. The van der Waals surface area contributed by atoms with E-state index in [1.54, 1.807) is 17.4 Å². The molecule has 1 atom stereocenters. The van der Waals surface area contributed by atoms with Gasteiger partial charge in [0.05, 0.1) is 18.6 Å². The number of hydrogen-bond donors (Lipinski definition) is 0. The standard InChI is InChI=1S/C21H22FN5O2/c1-2-18-19(22)20(25-13-24-18)29-17-7-9-27(12-17)21(28)16-5-3-15(4-6-16)11-26-10-8-23-14-26/h3-6,8,10,13-14,17H,2,7,9,11-12H2,1H3/t17-/m1/s1. The summed E-state index contributed by atoms with van der Waals surface area (Å²) in [6.07, 6.45) is 7.52. The summed E-state index contributed by atoms with van der Waals surface area (Å²) in [7, 11) is 0. The molecule has 1 saturated heterocycles. The molecule has 1 aliphatic rings. The summed E-state index contributed by atoms with van der Waals surface area (Å²) in [6.45, 7) is 3.50. The number of hydrogen-bond acceptors (Lipinski definition) is 5. The Kier molecular flexibility index (Phi) is 5.50. The van der Waals surface area contributed by atoms with Crippen LogP contribution in [0.2, 0.25) is 0 Å². The van der Waals surface area contributed by atoms with Gasteiger partial charge in [0.2, 0.25) is 5.82 Å². The predicted octanol–water partition coefficient (Wildman–Crippen LogP) is 2.72. The molecule has 0 saturated carbocycles. The summed E-state index contributed by atoms with van der Waals surface area (Å²) in [4.78, 5) is 26.4. The number of benzene rings is 1. The third kappa shape index (κ3) is 4.26. The van der Waals surface area contributed by atoms with Gasteiger partial charge in [0.25, 0.3) is 11.8 Å². The lowest BCUT2D eigenvalue weighted by Gasteiger charge is -2.17. The first-order valence-corrected chi connectivity index (χ1v) is 9.64. The molecule has 2 aromatic heterocycles. The van der Waals surface area contributed by atoms with E-state index in [9.17, 15) is 9.18 Å². The SMILES string of the molecule is CCc1ncnc(O[C@@H]2CCN(C(=O)c3ccc(Cn4ccnc4)cc3)C2)c1F. The lowest BCUT2D eigenvalue weighted by atomic mass is 10.1. The number of imidazole rings is 1. The monoisotopic (exact) mass is 395 g/mol. The molecule has 1 aromatic carbocycles. The van der Waals surface area contributed by atoms with Gasteiger partial charge in [-0.2, -0.15) is 9.37 Å². The number of ether oxygens (including phenoxy) is 1. The van der Waals surface area contributed by atoms with Crippen LogP contribution in [0.25, 0.3) is 0 Å². The predicted molar refractivity (Wildman–Crippen MR) is 104 cm³/mol. The van der Waals surface area contributed by atoms with Crippen molar-refractivity contribution in [2.75, 3.05) is 13.1 Å². The highest BCUT2D eigenvalue weighted by Gasteiger charge is 2.29. The average Bonchev–Trinajstić information content (AvgIpc) is 3.42. The Labute approximate surface area is 168 Å². The van der Waals surface area contributed by atoms with E-state index in [4.69, 9.17) is 4.74 Å². The Bertz CT molecular complexity index is 975. The number of nitrogens with zero attached hydrogens (tertiary/aromatic N) is 5. The lowest BCUT2D eigenvalue weighted by molar-refractivity contribution is 0.0770. The first-order chi connectivity index (χ1) is 14.1. The van der Waals surface area contributed by atoms with Crippen LogP contribution < -0.4 is 4.74 Å². The van der Waals surface area contributed by atoms with Crippen molar-refractivity contribution >= 4 is 5.91 Å². The maximum atomic E-state index is 14.3. The largest absolute Gasteiger partial charge is 0.470 e. The maximum Gasteiger partial charge on any atom is 0.254 e. The molecule has 4 rings (SSSR count). The third-order valence-corrected chi connectivity index (χ3v) is 5.00. The van der Waals surface area contributed by atoms with Crippen molar-refractivity contribution < 1.29 is 13.9 Å². The molecule has 1 fully saturated rings. The Morgan fingerprint density at radius 3 is 2.83 bits per heavy atom. The van der Waals surface area contributed by atoms with Gasteiger partial charge in [0.15, 0.2) is 0 Å². The van der Waals surface area contributed by atoms with E-state index in [0.29, 0.717) is 43.7 Å². The molecule has 0 bridgehead atoms. The molecule has 7 nitrogen and oxygen atoms in total. The van der Waals surface area contributed by atoms with Crippen LogP contribution in [0.15, 0.2) is 49.3 Å². The van der Waals surface area contributed by atoms with Crippen LogP contribution in [0.5, 0.6) is 5.88 Å². The molecule has 3 aromatic rings. The zero-order valence-electron chi connectivity index (χ0n) is 16.2. The summed E-state index contributed by atoms with van der Waals surface area (Å²) < 4.78 is 22.0. The molecule has 0 aliphatic carbocycles. The molecule has 0 radical (unpaired) electrons. The van der Waals surface area contributed by atoms with Crippen LogP contribution in [0.3, 0.4) is 0 Å². The number of halogens is 1. The minimum absolute atomic E-state index is 0.0417.